The van der Waals surface area contributed by atoms with E-state index in [4.69, 9.17) is 0 Å². The number of aliphatic imine (C=N–C) groups is 1. The van der Waals surface area contributed by atoms with E-state index in [1.54, 1.807) is 12.1 Å². The number of benzene rings is 2. The smallest absolute Gasteiger partial charge is 0.283 e. The summed E-state index contributed by atoms with van der Waals surface area (Å²) >= 11 is 0. The van der Waals surface area contributed by atoms with Crippen molar-refractivity contribution < 1.29 is 13.2 Å². The Morgan fingerprint density at radius 1 is 1.00 bits per heavy atom. The molecule has 1 aliphatic rings. The molecular weight excluding hydrogens is 263 g/mol. The molecule has 0 aliphatic heterocycles. The molecule has 0 heterocycles. The number of hydrogen-bond acceptors (Lipinski definition) is 1. The number of alkyl halides is 3. The molecule has 0 atom stereocenters. The van der Waals surface area contributed by atoms with Gasteiger partial charge in [-0.3, -0.25) is 4.99 Å². The molecule has 0 fully saturated rings. The van der Waals surface area contributed by atoms with Gasteiger partial charge in [-0.25, -0.2) is 0 Å². The van der Waals surface area contributed by atoms with E-state index in [1.165, 1.54) is 13.1 Å². The van der Waals surface area contributed by atoms with Gasteiger partial charge in [0.25, 0.3) is 0 Å². The molecule has 0 amide bonds. The highest BCUT2D eigenvalue weighted by atomic mass is 19.4. The first-order valence-corrected chi connectivity index (χ1v) is 6.26. The highest BCUT2D eigenvalue weighted by molar-refractivity contribution is 6.05. The van der Waals surface area contributed by atoms with E-state index in [0.717, 1.165) is 28.7 Å². The van der Waals surface area contributed by atoms with Crippen molar-refractivity contribution in [2.45, 2.75) is 12.6 Å². The second kappa shape index (κ2) is 4.47. The van der Waals surface area contributed by atoms with Gasteiger partial charge in [-0.1, -0.05) is 36.4 Å². The summed E-state index contributed by atoms with van der Waals surface area (Å²) in [5.41, 5.74) is 3.40. The van der Waals surface area contributed by atoms with Crippen molar-refractivity contribution in [3.05, 3.63) is 59.2 Å². The van der Waals surface area contributed by atoms with E-state index in [0.29, 0.717) is 0 Å². The van der Waals surface area contributed by atoms with Crippen molar-refractivity contribution in [3.63, 3.8) is 0 Å². The largest absolute Gasteiger partial charge is 0.433 e. The molecule has 0 saturated heterocycles. The van der Waals surface area contributed by atoms with Crippen LogP contribution in [0.2, 0.25) is 0 Å². The summed E-state index contributed by atoms with van der Waals surface area (Å²) in [4.78, 5) is 3.40. The summed E-state index contributed by atoms with van der Waals surface area (Å²) in [5, 5.41) is 0. The molecule has 3 rings (SSSR count). The van der Waals surface area contributed by atoms with Gasteiger partial charge in [0.05, 0.1) is 0 Å². The molecule has 4 heteroatoms. The van der Waals surface area contributed by atoms with Gasteiger partial charge in [-0.05, 0) is 34.7 Å². The van der Waals surface area contributed by atoms with Gasteiger partial charge in [0.15, 0.2) is 0 Å². The van der Waals surface area contributed by atoms with E-state index < -0.39 is 11.9 Å². The summed E-state index contributed by atoms with van der Waals surface area (Å²) < 4.78 is 38.8. The Morgan fingerprint density at radius 2 is 1.70 bits per heavy atom. The second-order valence-corrected chi connectivity index (χ2v) is 4.78. The molecule has 0 unspecified atom stereocenters. The number of halogens is 3. The number of rotatable bonds is 1. The summed E-state index contributed by atoms with van der Waals surface area (Å²) in [7, 11) is 1.17. The fourth-order valence-corrected chi connectivity index (χ4v) is 2.69. The Balaban J connectivity index is 2.13. The van der Waals surface area contributed by atoms with Crippen LogP contribution in [-0.2, 0) is 6.42 Å². The van der Waals surface area contributed by atoms with Crippen LogP contribution in [0.25, 0.3) is 11.1 Å². The third kappa shape index (κ3) is 2.01. The lowest BCUT2D eigenvalue weighted by molar-refractivity contribution is -0.0581. The second-order valence-electron chi connectivity index (χ2n) is 4.78. The normalized spacial score (nSPS) is 14.1. The predicted octanol–water partition coefficient (Wildman–Crippen LogP) is 4.24. The average molecular weight is 275 g/mol. The van der Waals surface area contributed by atoms with Crippen molar-refractivity contribution >= 4 is 5.71 Å². The Hall–Kier alpha value is -2.10. The Bertz CT molecular complexity index is 699. The maximum Gasteiger partial charge on any atom is 0.433 e. The molecule has 0 radical (unpaired) electrons. The van der Waals surface area contributed by atoms with Crippen molar-refractivity contribution in [2.24, 2.45) is 4.99 Å². The lowest BCUT2D eigenvalue weighted by atomic mass is 10.0. The van der Waals surface area contributed by atoms with Gasteiger partial charge in [0.1, 0.15) is 5.71 Å². The van der Waals surface area contributed by atoms with Crippen molar-refractivity contribution in [2.75, 3.05) is 7.05 Å². The monoisotopic (exact) mass is 275 g/mol. The molecular formula is C16H12F3N. The van der Waals surface area contributed by atoms with Gasteiger partial charge >= 0.3 is 6.18 Å². The Labute approximate surface area is 114 Å². The number of fused-ring (bicyclic) bond motifs is 3. The van der Waals surface area contributed by atoms with E-state index in [1.807, 2.05) is 24.3 Å². The highest BCUT2D eigenvalue weighted by Gasteiger charge is 2.36. The van der Waals surface area contributed by atoms with Crippen LogP contribution in [0.4, 0.5) is 13.2 Å². The zero-order valence-corrected chi connectivity index (χ0v) is 10.8. The molecule has 0 aromatic heterocycles. The Kier molecular flexibility index (Phi) is 2.89. The van der Waals surface area contributed by atoms with Crippen LogP contribution in [0, 0.1) is 0 Å². The van der Waals surface area contributed by atoms with Gasteiger partial charge in [0.2, 0.25) is 0 Å². The van der Waals surface area contributed by atoms with E-state index in [9.17, 15) is 13.2 Å². The zero-order chi connectivity index (χ0) is 14.3. The quantitative estimate of drug-likeness (QED) is 0.589. The summed E-state index contributed by atoms with van der Waals surface area (Å²) in [6, 6.07) is 12.7. The van der Waals surface area contributed by atoms with Gasteiger partial charge in [-0.2, -0.15) is 13.2 Å². The molecule has 0 spiro atoms. The molecule has 1 aliphatic carbocycles. The Morgan fingerprint density at radius 3 is 2.40 bits per heavy atom. The number of hydrogen-bond donors (Lipinski definition) is 0. The first-order chi connectivity index (χ1) is 9.50. The molecule has 0 bridgehead atoms. The maximum absolute atomic E-state index is 12.9. The minimum absolute atomic E-state index is 0.121. The van der Waals surface area contributed by atoms with Crippen LogP contribution in [-0.4, -0.2) is 18.9 Å². The highest BCUT2D eigenvalue weighted by Crippen LogP contribution is 2.37. The third-order valence-electron chi connectivity index (χ3n) is 3.56. The van der Waals surface area contributed by atoms with Crippen molar-refractivity contribution in [1.82, 2.24) is 0 Å². The topological polar surface area (TPSA) is 12.4 Å². The van der Waals surface area contributed by atoms with Crippen LogP contribution in [0.5, 0.6) is 0 Å². The molecule has 1 nitrogen and oxygen atoms in total. The van der Waals surface area contributed by atoms with Gasteiger partial charge in [-0.15, -0.1) is 0 Å². The minimum atomic E-state index is -4.43. The maximum atomic E-state index is 12.9. The SMILES string of the molecule is CN=C(c1ccc2c(c1)-c1ccccc1C2)C(F)(F)F. The molecule has 2 aromatic rings. The van der Waals surface area contributed by atoms with Crippen LogP contribution in [0.1, 0.15) is 16.7 Å². The van der Waals surface area contributed by atoms with E-state index >= 15 is 0 Å². The van der Waals surface area contributed by atoms with E-state index in [-0.39, 0.29) is 5.56 Å². The van der Waals surface area contributed by atoms with Crippen LogP contribution in [0.3, 0.4) is 0 Å². The first-order valence-electron chi connectivity index (χ1n) is 6.26. The molecule has 20 heavy (non-hydrogen) atoms. The summed E-state index contributed by atoms with van der Waals surface area (Å²) in [6.45, 7) is 0. The average Bonchev–Trinajstić information content (AvgIpc) is 2.76. The molecule has 102 valence electrons. The molecule has 0 N–H and O–H groups in total. The van der Waals surface area contributed by atoms with Crippen molar-refractivity contribution in [1.29, 1.82) is 0 Å². The van der Waals surface area contributed by atoms with Crippen LogP contribution < -0.4 is 0 Å². The van der Waals surface area contributed by atoms with Gasteiger partial charge in [0, 0.05) is 12.6 Å². The predicted molar refractivity (Wildman–Crippen MR) is 73.2 cm³/mol. The minimum Gasteiger partial charge on any atom is -0.283 e. The standard InChI is InChI=1S/C16H12F3N/c1-20-15(16(17,18)19)12-7-6-11-8-10-4-2-3-5-13(10)14(11)9-12/h2-7,9H,8H2,1H3. The zero-order valence-electron chi connectivity index (χ0n) is 10.8. The molecule has 0 saturated carbocycles. The van der Waals surface area contributed by atoms with Crippen molar-refractivity contribution in [3.8, 4) is 11.1 Å². The van der Waals surface area contributed by atoms with E-state index in [2.05, 4.69) is 4.99 Å². The van der Waals surface area contributed by atoms with Crippen LogP contribution >= 0.6 is 0 Å². The molecule has 2 aromatic carbocycles. The third-order valence-corrected chi connectivity index (χ3v) is 3.56. The lowest BCUT2D eigenvalue weighted by Crippen LogP contribution is -2.24. The lowest BCUT2D eigenvalue weighted by Gasteiger charge is -2.11. The first kappa shape index (κ1) is 12.9. The van der Waals surface area contributed by atoms with Crippen LogP contribution in [0.15, 0.2) is 47.5 Å². The summed E-state index contributed by atoms with van der Waals surface area (Å²) in [6.07, 6.45) is -3.66. The fourth-order valence-electron chi connectivity index (χ4n) is 2.69. The fraction of sp³-hybridized carbons (Fsp3) is 0.188. The summed E-state index contributed by atoms with van der Waals surface area (Å²) in [5.74, 6) is 0. The number of nitrogens with zero attached hydrogens (tertiary/aromatic N) is 1. The van der Waals surface area contributed by atoms with Gasteiger partial charge < -0.3 is 0 Å².